The van der Waals surface area contributed by atoms with Gasteiger partial charge in [0.05, 0.1) is 31.9 Å². The van der Waals surface area contributed by atoms with Crippen molar-refractivity contribution in [3.05, 3.63) is 35.9 Å². The lowest BCUT2D eigenvalue weighted by Crippen LogP contribution is -2.57. The number of carbonyl (C=O) groups is 1. The van der Waals surface area contributed by atoms with Crippen molar-refractivity contribution >= 4 is 11.7 Å². The van der Waals surface area contributed by atoms with E-state index in [4.69, 9.17) is 14.2 Å². The molecule has 1 amide bonds. The van der Waals surface area contributed by atoms with Gasteiger partial charge in [-0.3, -0.25) is 4.90 Å². The Morgan fingerprint density at radius 1 is 1.22 bits per heavy atom. The molecule has 2 aliphatic rings. The van der Waals surface area contributed by atoms with Crippen LogP contribution in [0.25, 0.3) is 5.57 Å². The molecule has 0 aliphatic carbocycles. The van der Waals surface area contributed by atoms with Gasteiger partial charge in [-0.25, -0.2) is 4.79 Å². The van der Waals surface area contributed by atoms with Gasteiger partial charge in [0.1, 0.15) is 11.4 Å². The first-order chi connectivity index (χ1) is 12.9. The minimum absolute atomic E-state index is 0.0130. The van der Waals surface area contributed by atoms with Gasteiger partial charge in [-0.2, -0.15) is 0 Å². The predicted octanol–water partition coefficient (Wildman–Crippen LogP) is 4.66. The van der Waals surface area contributed by atoms with Gasteiger partial charge in [-0.1, -0.05) is 31.6 Å². The summed E-state index contributed by atoms with van der Waals surface area (Å²) in [5, 5.41) is 0. The van der Waals surface area contributed by atoms with Gasteiger partial charge in [-0.15, -0.1) is 0 Å². The SMILES string of the molecule is CCCCOc1ccc(C2=CC3COCC(C2)N3C(=O)OC(C)(C)C)cc1. The zero-order valence-electron chi connectivity index (χ0n) is 16.9. The molecule has 1 saturated heterocycles. The van der Waals surface area contributed by atoms with Gasteiger partial charge < -0.3 is 14.2 Å². The second kappa shape index (κ2) is 8.34. The fraction of sp³-hybridized carbons (Fsp3) is 0.591. The van der Waals surface area contributed by atoms with Crippen LogP contribution in [0.2, 0.25) is 0 Å². The molecule has 5 heteroatoms. The number of hydrogen-bond acceptors (Lipinski definition) is 4. The topological polar surface area (TPSA) is 48.0 Å². The van der Waals surface area contributed by atoms with E-state index < -0.39 is 5.60 Å². The van der Waals surface area contributed by atoms with Crippen LogP contribution >= 0.6 is 0 Å². The molecule has 27 heavy (non-hydrogen) atoms. The first kappa shape index (κ1) is 19.7. The standard InChI is InChI=1S/C22H31NO4/c1-5-6-11-26-20-9-7-16(8-10-20)17-12-18-14-25-15-19(13-17)23(18)21(24)27-22(2,3)4/h7-10,12,18-19H,5-6,11,13-15H2,1-4H3. The summed E-state index contributed by atoms with van der Waals surface area (Å²) >= 11 is 0. The van der Waals surface area contributed by atoms with Crippen molar-refractivity contribution in [2.75, 3.05) is 19.8 Å². The number of carbonyl (C=O) groups excluding carboxylic acids is 1. The normalized spacial score (nSPS) is 22.2. The molecule has 0 radical (unpaired) electrons. The van der Waals surface area contributed by atoms with Gasteiger partial charge in [0.15, 0.2) is 0 Å². The second-order valence-corrected chi connectivity index (χ2v) is 8.27. The van der Waals surface area contributed by atoms with Crippen molar-refractivity contribution in [1.82, 2.24) is 4.90 Å². The van der Waals surface area contributed by atoms with Crippen LogP contribution in [0.5, 0.6) is 5.75 Å². The zero-order valence-corrected chi connectivity index (χ0v) is 16.9. The van der Waals surface area contributed by atoms with E-state index in [1.807, 2.05) is 37.8 Å². The predicted molar refractivity (Wildman–Crippen MR) is 106 cm³/mol. The van der Waals surface area contributed by atoms with Gasteiger partial charge in [0.2, 0.25) is 0 Å². The molecule has 2 heterocycles. The van der Waals surface area contributed by atoms with E-state index in [-0.39, 0.29) is 18.2 Å². The van der Waals surface area contributed by atoms with Crippen molar-refractivity contribution in [2.24, 2.45) is 0 Å². The molecule has 2 bridgehead atoms. The minimum Gasteiger partial charge on any atom is -0.494 e. The number of morpholine rings is 1. The summed E-state index contributed by atoms with van der Waals surface area (Å²) in [6, 6.07) is 8.19. The molecule has 2 atom stereocenters. The highest BCUT2D eigenvalue weighted by molar-refractivity contribution is 5.75. The average Bonchev–Trinajstić information content (AvgIpc) is 2.60. The monoisotopic (exact) mass is 373 g/mol. The first-order valence-electron chi connectivity index (χ1n) is 9.90. The smallest absolute Gasteiger partial charge is 0.411 e. The highest BCUT2D eigenvalue weighted by Crippen LogP contribution is 2.34. The van der Waals surface area contributed by atoms with Gasteiger partial charge in [-0.05, 0) is 56.9 Å². The third kappa shape index (κ3) is 5.04. The highest BCUT2D eigenvalue weighted by atomic mass is 16.6. The van der Waals surface area contributed by atoms with Gasteiger partial charge >= 0.3 is 6.09 Å². The highest BCUT2D eigenvalue weighted by Gasteiger charge is 2.40. The molecule has 0 spiro atoms. The van der Waals surface area contributed by atoms with E-state index in [9.17, 15) is 4.79 Å². The van der Waals surface area contributed by atoms with E-state index in [1.54, 1.807) is 0 Å². The molecule has 148 valence electrons. The minimum atomic E-state index is -0.496. The summed E-state index contributed by atoms with van der Waals surface area (Å²) in [5.41, 5.74) is 1.94. The molecule has 0 saturated carbocycles. The van der Waals surface area contributed by atoms with Crippen molar-refractivity contribution in [2.45, 2.75) is 64.6 Å². The Labute approximate surface area is 162 Å². The van der Waals surface area contributed by atoms with E-state index in [1.165, 1.54) is 11.1 Å². The van der Waals surface area contributed by atoms with E-state index in [0.29, 0.717) is 13.2 Å². The third-order valence-corrected chi connectivity index (χ3v) is 4.79. The Morgan fingerprint density at radius 2 is 1.96 bits per heavy atom. The Bertz CT molecular complexity index is 675. The maximum atomic E-state index is 12.6. The fourth-order valence-corrected chi connectivity index (χ4v) is 3.51. The van der Waals surface area contributed by atoms with Crippen LogP contribution in [-0.4, -0.2) is 48.5 Å². The number of rotatable bonds is 5. The summed E-state index contributed by atoms with van der Waals surface area (Å²) in [5.74, 6) is 0.905. The van der Waals surface area contributed by atoms with Crippen LogP contribution in [0.3, 0.4) is 0 Å². The number of hydrogen-bond donors (Lipinski definition) is 0. The molecular weight excluding hydrogens is 342 g/mol. The van der Waals surface area contributed by atoms with E-state index >= 15 is 0 Å². The van der Waals surface area contributed by atoms with Crippen LogP contribution in [0, 0.1) is 0 Å². The number of fused-ring (bicyclic) bond motifs is 2. The number of benzene rings is 1. The fourth-order valence-electron chi connectivity index (χ4n) is 3.51. The molecular formula is C22H31NO4. The van der Waals surface area contributed by atoms with Crippen LogP contribution < -0.4 is 4.74 Å². The number of ether oxygens (including phenoxy) is 3. The molecule has 0 N–H and O–H groups in total. The van der Waals surface area contributed by atoms with Crippen molar-refractivity contribution in [3.8, 4) is 5.75 Å². The Balaban J connectivity index is 1.72. The van der Waals surface area contributed by atoms with E-state index in [2.05, 4.69) is 25.1 Å². The Hall–Kier alpha value is -2.01. The molecule has 1 aromatic rings. The maximum Gasteiger partial charge on any atom is 0.411 e. The summed E-state index contributed by atoms with van der Waals surface area (Å²) in [6.07, 6.45) is 4.86. The number of unbranched alkanes of at least 4 members (excludes halogenated alkanes) is 1. The largest absolute Gasteiger partial charge is 0.494 e. The molecule has 1 aromatic carbocycles. The number of amides is 1. The molecule has 2 aliphatic heterocycles. The van der Waals surface area contributed by atoms with Gasteiger partial charge in [0, 0.05) is 0 Å². The summed E-state index contributed by atoms with van der Waals surface area (Å²) in [6.45, 7) is 9.66. The molecule has 2 unspecified atom stereocenters. The van der Waals surface area contributed by atoms with Crippen LogP contribution in [0.15, 0.2) is 30.3 Å². The molecule has 5 nitrogen and oxygen atoms in total. The maximum absolute atomic E-state index is 12.6. The third-order valence-electron chi connectivity index (χ3n) is 4.79. The first-order valence-corrected chi connectivity index (χ1v) is 9.90. The summed E-state index contributed by atoms with van der Waals surface area (Å²) < 4.78 is 17.0. The molecule has 1 fully saturated rings. The lowest BCUT2D eigenvalue weighted by molar-refractivity contribution is -0.0510. The summed E-state index contributed by atoms with van der Waals surface area (Å²) in [7, 11) is 0. The Morgan fingerprint density at radius 3 is 2.59 bits per heavy atom. The Kier molecular flexibility index (Phi) is 6.10. The van der Waals surface area contributed by atoms with Crippen LogP contribution in [-0.2, 0) is 9.47 Å². The van der Waals surface area contributed by atoms with E-state index in [0.717, 1.165) is 31.6 Å². The van der Waals surface area contributed by atoms with Crippen molar-refractivity contribution < 1.29 is 19.0 Å². The lowest BCUT2D eigenvalue weighted by atomic mass is 9.90. The van der Waals surface area contributed by atoms with Crippen molar-refractivity contribution in [1.29, 1.82) is 0 Å². The molecule has 3 rings (SSSR count). The van der Waals surface area contributed by atoms with Crippen molar-refractivity contribution in [3.63, 3.8) is 0 Å². The summed E-state index contributed by atoms with van der Waals surface area (Å²) in [4.78, 5) is 14.5. The van der Waals surface area contributed by atoms with Gasteiger partial charge in [0.25, 0.3) is 0 Å². The second-order valence-electron chi connectivity index (χ2n) is 8.27. The van der Waals surface area contributed by atoms with Crippen LogP contribution in [0.4, 0.5) is 4.79 Å². The quantitative estimate of drug-likeness (QED) is 0.705. The lowest BCUT2D eigenvalue weighted by Gasteiger charge is -2.44. The average molecular weight is 373 g/mol. The van der Waals surface area contributed by atoms with Crippen LogP contribution in [0.1, 0.15) is 52.5 Å². The number of nitrogens with zero attached hydrogens (tertiary/aromatic N) is 1. The zero-order chi connectivity index (χ0) is 19.4. The molecule has 0 aromatic heterocycles.